The number of hydrogen-bond acceptors (Lipinski definition) is 4. The van der Waals surface area contributed by atoms with E-state index < -0.39 is 29.7 Å². The summed E-state index contributed by atoms with van der Waals surface area (Å²) in [4.78, 5) is 25.6. The summed E-state index contributed by atoms with van der Waals surface area (Å²) in [7, 11) is 2.96. The normalized spacial score (nSPS) is 15.4. The average molecular weight is 406 g/mol. The molecule has 7 nitrogen and oxygen atoms in total. The van der Waals surface area contributed by atoms with E-state index in [1.54, 1.807) is 12.1 Å². The Labute approximate surface area is 165 Å². The maximum Gasteiger partial charge on any atom is 0.322 e. The van der Waals surface area contributed by atoms with Crippen LogP contribution in [0.25, 0.3) is 0 Å². The monoisotopic (exact) mass is 406 g/mol. The number of anilines is 1. The van der Waals surface area contributed by atoms with Gasteiger partial charge in [-0.25, -0.2) is 13.6 Å². The van der Waals surface area contributed by atoms with Crippen LogP contribution in [0.4, 0.5) is 19.3 Å². The van der Waals surface area contributed by atoms with Crippen LogP contribution in [-0.2, 0) is 11.2 Å². The van der Waals surface area contributed by atoms with Gasteiger partial charge in [-0.05, 0) is 41.8 Å². The Kier molecular flexibility index (Phi) is 5.86. The summed E-state index contributed by atoms with van der Waals surface area (Å²) in [5.41, 5.74) is 1.26. The quantitative estimate of drug-likeness (QED) is 0.792. The van der Waals surface area contributed by atoms with Crippen LogP contribution in [0, 0.1) is 11.6 Å². The molecule has 1 heterocycles. The lowest BCUT2D eigenvalue weighted by Crippen LogP contribution is -2.43. The highest BCUT2D eigenvalue weighted by Crippen LogP contribution is 2.39. The van der Waals surface area contributed by atoms with Crippen molar-refractivity contribution < 1.29 is 33.0 Å². The molecule has 2 aromatic rings. The van der Waals surface area contributed by atoms with Gasteiger partial charge in [0.2, 0.25) is 0 Å². The predicted molar refractivity (Wildman–Crippen MR) is 100 cm³/mol. The van der Waals surface area contributed by atoms with Crippen molar-refractivity contribution in [3.05, 3.63) is 53.1 Å². The largest absolute Gasteiger partial charge is 0.493 e. The van der Waals surface area contributed by atoms with Gasteiger partial charge in [0.05, 0.1) is 32.4 Å². The molecule has 0 unspecified atom stereocenters. The van der Waals surface area contributed by atoms with Crippen LogP contribution in [0.3, 0.4) is 0 Å². The maximum atomic E-state index is 13.9. The lowest BCUT2D eigenvalue weighted by molar-refractivity contribution is -0.138. The molecule has 0 bridgehead atoms. The molecule has 2 aromatic carbocycles. The van der Waals surface area contributed by atoms with Crippen molar-refractivity contribution in [1.82, 2.24) is 4.90 Å². The summed E-state index contributed by atoms with van der Waals surface area (Å²) in [6.07, 6.45) is 0.104. The minimum atomic E-state index is -1.09. The van der Waals surface area contributed by atoms with Gasteiger partial charge in [0.15, 0.2) is 11.5 Å². The number of carbonyl (C=O) groups excluding carboxylic acids is 1. The lowest BCUT2D eigenvalue weighted by atomic mass is 9.90. The van der Waals surface area contributed by atoms with Gasteiger partial charge in [0.25, 0.3) is 0 Å². The summed E-state index contributed by atoms with van der Waals surface area (Å²) in [6.45, 7) is 0.217. The molecule has 0 fully saturated rings. The predicted octanol–water partition coefficient (Wildman–Crippen LogP) is 3.59. The van der Waals surface area contributed by atoms with Crippen molar-refractivity contribution in [2.24, 2.45) is 0 Å². The average Bonchev–Trinajstić information content (AvgIpc) is 2.68. The number of halogens is 2. The van der Waals surface area contributed by atoms with Crippen molar-refractivity contribution >= 4 is 17.7 Å². The molecule has 1 aliphatic rings. The first-order valence-corrected chi connectivity index (χ1v) is 8.83. The molecule has 1 aliphatic heterocycles. The molecule has 1 atom stereocenters. The number of amides is 2. The van der Waals surface area contributed by atoms with Crippen LogP contribution in [0.2, 0.25) is 0 Å². The van der Waals surface area contributed by atoms with Crippen LogP contribution in [0.15, 0.2) is 30.3 Å². The molecule has 2 amide bonds. The van der Waals surface area contributed by atoms with E-state index in [-0.39, 0.29) is 18.7 Å². The number of ether oxygens (including phenoxy) is 2. The zero-order valence-electron chi connectivity index (χ0n) is 15.9. The molecule has 29 heavy (non-hydrogen) atoms. The Balaban J connectivity index is 1.94. The lowest BCUT2D eigenvalue weighted by Gasteiger charge is -2.37. The summed E-state index contributed by atoms with van der Waals surface area (Å²) >= 11 is 0. The standard InChI is InChI=1S/C20H20F2N2O5/c1-28-17-7-11-5-6-24(16(10-19(25)26)13(11)9-18(17)29-2)20(27)23-15-4-3-12(21)8-14(15)22/h3-4,7-9,16H,5-6,10H2,1-2H3,(H,23,27)(H,25,26)/t16-/m0/s1. The topological polar surface area (TPSA) is 88.1 Å². The van der Waals surface area contributed by atoms with Crippen molar-refractivity contribution in [1.29, 1.82) is 0 Å². The molecule has 0 saturated carbocycles. The number of fused-ring (bicyclic) bond motifs is 1. The SMILES string of the molecule is COc1cc2c(cc1OC)[C@H](CC(=O)O)N(C(=O)Nc1ccc(F)cc1F)CC2. The van der Waals surface area contributed by atoms with Crippen LogP contribution >= 0.6 is 0 Å². The summed E-state index contributed by atoms with van der Waals surface area (Å²) in [5.74, 6) is -1.86. The highest BCUT2D eigenvalue weighted by molar-refractivity contribution is 5.90. The number of carboxylic acid groups (broad SMARTS) is 1. The molecule has 9 heteroatoms. The van der Waals surface area contributed by atoms with Gasteiger partial charge in [-0.2, -0.15) is 0 Å². The van der Waals surface area contributed by atoms with E-state index in [9.17, 15) is 23.5 Å². The highest BCUT2D eigenvalue weighted by atomic mass is 19.1. The minimum absolute atomic E-state index is 0.191. The van der Waals surface area contributed by atoms with E-state index in [4.69, 9.17) is 9.47 Å². The third kappa shape index (κ3) is 4.23. The Bertz CT molecular complexity index is 951. The molecular weight excluding hydrogens is 386 g/mol. The van der Waals surface area contributed by atoms with Gasteiger partial charge in [-0.1, -0.05) is 0 Å². The van der Waals surface area contributed by atoms with E-state index in [1.807, 2.05) is 0 Å². The molecule has 0 aromatic heterocycles. The number of nitrogens with zero attached hydrogens (tertiary/aromatic N) is 1. The zero-order chi connectivity index (χ0) is 21.1. The van der Waals surface area contributed by atoms with Crippen LogP contribution in [0.5, 0.6) is 11.5 Å². The molecule has 154 valence electrons. The summed E-state index contributed by atoms with van der Waals surface area (Å²) in [6, 6.07) is 4.74. The van der Waals surface area contributed by atoms with Gasteiger partial charge in [0.1, 0.15) is 11.6 Å². The number of methoxy groups -OCH3 is 2. The Morgan fingerprint density at radius 3 is 2.48 bits per heavy atom. The highest BCUT2D eigenvalue weighted by Gasteiger charge is 2.34. The molecular formula is C20H20F2N2O5. The Hall–Kier alpha value is -3.36. The second kappa shape index (κ2) is 8.34. The number of urea groups is 1. The van der Waals surface area contributed by atoms with E-state index in [2.05, 4.69) is 5.32 Å². The fraction of sp³-hybridized carbons (Fsp3) is 0.300. The van der Waals surface area contributed by atoms with E-state index in [0.717, 1.165) is 17.7 Å². The fourth-order valence-corrected chi connectivity index (χ4v) is 3.43. The molecule has 3 rings (SSSR count). The van der Waals surface area contributed by atoms with E-state index in [0.29, 0.717) is 29.5 Å². The van der Waals surface area contributed by atoms with Gasteiger partial charge in [-0.3, -0.25) is 4.79 Å². The first kappa shape index (κ1) is 20.4. The molecule has 0 aliphatic carbocycles. The first-order chi connectivity index (χ1) is 13.8. The number of aliphatic carboxylic acids is 1. The second-order valence-electron chi connectivity index (χ2n) is 6.52. The first-order valence-electron chi connectivity index (χ1n) is 8.83. The number of rotatable bonds is 5. The van der Waals surface area contributed by atoms with Gasteiger partial charge >= 0.3 is 12.0 Å². The number of carbonyl (C=O) groups is 2. The van der Waals surface area contributed by atoms with Gasteiger partial charge in [0, 0.05) is 12.6 Å². The molecule has 0 radical (unpaired) electrons. The fourth-order valence-electron chi connectivity index (χ4n) is 3.43. The van der Waals surface area contributed by atoms with E-state index in [1.165, 1.54) is 19.1 Å². The van der Waals surface area contributed by atoms with Crippen LogP contribution < -0.4 is 14.8 Å². The third-order valence-electron chi connectivity index (χ3n) is 4.80. The molecule has 0 spiro atoms. The summed E-state index contributed by atoms with van der Waals surface area (Å²) in [5, 5.41) is 11.8. The van der Waals surface area contributed by atoms with Crippen molar-refractivity contribution in [2.75, 3.05) is 26.1 Å². The van der Waals surface area contributed by atoms with Gasteiger partial charge in [-0.15, -0.1) is 0 Å². The number of carboxylic acids is 1. The summed E-state index contributed by atoms with van der Waals surface area (Å²) < 4.78 is 37.6. The van der Waals surface area contributed by atoms with Crippen LogP contribution in [0.1, 0.15) is 23.6 Å². The molecule has 0 saturated heterocycles. The van der Waals surface area contributed by atoms with Gasteiger partial charge < -0.3 is 24.8 Å². The smallest absolute Gasteiger partial charge is 0.322 e. The minimum Gasteiger partial charge on any atom is -0.493 e. The van der Waals surface area contributed by atoms with Crippen molar-refractivity contribution in [2.45, 2.75) is 18.9 Å². The zero-order valence-corrected chi connectivity index (χ0v) is 15.9. The maximum absolute atomic E-state index is 13.9. The Morgan fingerprint density at radius 1 is 1.17 bits per heavy atom. The van der Waals surface area contributed by atoms with Crippen LogP contribution in [-0.4, -0.2) is 42.8 Å². The van der Waals surface area contributed by atoms with E-state index >= 15 is 0 Å². The number of nitrogens with one attached hydrogen (secondary N) is 1. The van der Waals surface area contributed by atoms with Crippen molar-refractivity contribution in [3.63, 3.8) is 0 Å². The second-order valence-corrected chi connectivity index (χ2v) is 6.52. The third-order valence-corrected chi connectivity index (χ3v) is 4.80. The number of benzene rings is 2. The molecule has 2 N–H and O–H groups in total. The Morgan fingerprint density at radius 2 is 1.86 bits per heavy atom. The number of hydrogen-bond donors (Lipinski definition) is 2. The van der Waals surface area contributed by atoms with Crippen molar-refractivity contribution in [3.8, 4) is 11.5 Å².